The first-order valence-corrected chi connectivity index (χ1v) is 7.83. The molecule has 0 bridgehead atoms. The van der Waals surface area contributed by atoms with E-state index in [0.717, 1.165) is 10.4 Å². The quantitative estimate of drug-likeness (QED) is 0.721. The second kappa shape index (κ2) is 4.26. The van der Waals surface area contributed by atoms with E-state index in [-0.39, 0.29) is 5.56 Å². The number of fused-ring (bicyclic) bond motifs is 3. The second-order valence-corrected chi connectivity index (χ2v) is 7.22. The number of hydrogen-bond donors (Lipinski definition) is 0. The Balaban J connectivity index is 2.50. The lowest BCUT2D eigenvalue weighted by molar-refractivity contribution is 0.549. The fourth-order valence-corrected chi connectivity index (χ4v) is 4.09. The summed E-state index contributed by atoms with van der Waals surface area (Å²) in [6.45, 7) is 0. The van der Waals surface area contributed by atoms with Crippen LogP contribution in [0.1, 0.15) is 0 Å². The van der Waals surface area contributed by atoms with Crippen LogP contribution in [-0.4, -0.2) is 15.5 Å². The summed E-state index contributed by atoms with van der Waals surface area (Å²) in [5.74, 6) is -1.90. The molecule has 0 aliphatic carbocycles. The van der Waals surface area contributed by atoms with Gasteiger partial charge in [-0.25, -0.2) is 17.2 Å². The summed E-state index contributed by atoms with van der Waals surface area (Å²) in [6, 6.07) is 6.51. The molecule has 0 N–H and O–H groups in total. The molecule has 0 unspecified atom stereocenters. The topological polar surface area (TPSA) is 37.4 Å². The lowest BCUT2D eigenvalue weighted by Crippen LogP contribution is -2.31. The molecule has 104 valence electrons. The van der Waals surface area contributed by atoms with Crippen LogP contribution in [0.25, 0.3) is 11.1 Å². The number of hydrogen-bond acceptors (Lipinski definition) is 2. The van der Waals surface area contributed by atoms with Crippen molar-refractivity contribution in [2.75, 3.05) is 11.4 Å². The number of nitrogens with zero attached hydrogens (tertiary/aromatic N) is 1. The van der Waals surface area contributed by atoms with Crippen molar-refractivity contribution in [2.24, 2.45) is 0 Å². The highest BCUT2D eigenvalue weighted by atomic mass is 79.9. The van der Waals surface area contributed by atoms with Gasteiger partial charge in [-0.15, -0.1) is 0 Å². The van der Waals surface area contributed by atoms with Crippen LogP contribution >= 0.6 is 15.9 Å². The van der Waals surface area contributed by atoms with Gasteiger partial charge in [-0.05, 0) is 24.3 Å². The lowest BCUT2D eigenvalue weighted by Gasteiger charge is -2.29. The molecule has 20 heavy (non-hydrogen) atoms. The normalized spacial score (nSPS) is 15.7. The van der Waals surface area contributed by atoms with Gasteiger partial charge in [-0.2, -0.15) is 0 Å². The molecule has 3 rings (SSSR count). The molecule has 0 saturated carbocycles. The average Bonchev–Trinajstić information content (AvgIpc) is 2.35. The van der Waals surface area contributed by atoms with Crippen molar-refractivity contribution in [3.63, 3.8) is 0 Å². The fraction of sp³-hybridized carbons (Fsp3) is 0.0769. The molecule has 1 aliphatic rings. The summed E-state index contributed by atoms with van der Waals surface area (Å²) in [4.78, 5) is -0.494. The fourth-order valence-electron chi connectivity index (χ4n) is 2.29. The Morgan fingerprint density at radius 2 is 1.80 bits per heavy atom. The first-order chi connectivity index (χ1) is 9.32. The summed E-state index contributed by atoms with van der Waals surface area (Å²) in [7, 11) is -2.68. The molecule has 0 amide bonds. The van der Waals surface area contributed by atoms with Gasteiger partial charge in [0.05, 0.1) is 5.69 Å². The van der Waals surface area contributed by atoms with Gasteiger partial charge in [0.1, 0.15) is 16.5 Å². The SMILES string of the molecule is CN1c2ccc(Br)cc2-c2cc(F)cc(F)c2S1(=O)=O. The van der Waals surface area contributed by atoms with E-state index in [2.05, 4.69) is 15.9 Å². The molecule has 3 nitrogen and oxygen atoms in total. The van der Waals surface area contributed by atoms with Crippen molar-refractivity contribution in [3.05, 3.63) is 46.4 Å². The molecule has 0 fully saturated rings. The van der Waals surface area contributed by atoms with E-state index in [4.69, 9.17) is 0 Å². The van der Waals surface area contributed by atoms with E-state index >= 15 is 0 Å². The van der Waals surface area contributed by atoms with Crippen molar-refractivity contribution < 1.29 is 17.2 Å². The van der Waals surface area contributed by atoms with E-state index in [1.54, 1.807) is 18.2 Å². The minimum Gasteiger partial charge on any atom is -0.269 e. The molecule has 2 aromatic rings. The van der Waals surface area contributed by atoms with Crippen LogP contribution in [-0.2, 0) is 10.0 Å². The van der Waals surface area contributed by atoms with Crippen LogP contribution in [0.15, 0.2) is 39.7 Å². The van der Waals surface area contributed by atoms with Crippen LogP contribution in [0.3, 0.4) is 0 Å². The molecule has 0 saturated heterocycles. The number of benzene rings is 2. The molecule has 0 spiro atoms. The first-order valence-electron chi connectivity index (χ1n) is 5.60. The van der Waals surface area contributed by atoms with E-state index in [9.17, 15) is 17.2 Å². The molecule has 0 atom stereocenters. The zero-order valence-corrected chi connectivity index (χ0v) is 12.6. The minimum absolute atomic E-state index is 0.0388. The Kier molecular flexibility index (Phi) is 2.88. The van der Waals surface area contributed by atoms with Gasteiger partial charge in [0, 0.05) is 28.7 Å². The van der Waals surface area contributed by atoms with Gasteiger partial charge in [0.15, 0.2) is 0 Å². The lowest BCUT2D eigenvalue weighted by atomic mass is 10.0. The molecular formula is C13H8BrF2NO2S. The zero-order valence-electron chi connectivity index (χ0n) is 10.2. The van der Waals surface area contributed by atoms with Crippen molar-refractivity contribution in [1.29, 1.82) is 0 Å². The van der Waals surface area contributed by atoms with Crippen molar-refractivity contribution >= 4 is 31.6 Å². The van der Waals surface area contributed by atoms with E-state index < -0.39 is 26.6 Å². The number of anilines is 1. The maximum atomic E-state index is 13.9. The van der Waals surface area contributed by atoms with E-state index in [1.165, 1.54) is 7.05 Å². The van der Waals surface area contributed by atoms with Gasteiger partial charge < -0.3 is 0 Å². The highest BCUT2D eigenvalue weighted by Gasteiger charge is 2.35. The summed E-state index contributed by atoms with van der Waals surface area (Å²) < 4.78 is 53.7. The van der Waals surface area contributed by atoms with Gasteiger partial charge in [-0.3, -0.25) is 4.31 Å². The van der Waals surface area contributed by atoms with E-state index in [1.807, 2.05) is 0 Å². The Morgan fingerprint density at radius 3 is 2.50 bits per heavy atom. The van der Waals surface area contributed by atoms with Crippen molar-refractivity contribution in [2.45, 2.75) is 4.90 Å². The van der Waals surface area contributed by atoms with Crippen LogP contribution in [0, 0.1) is 11.6 Å². The van der Waals surface area contributed by atoms with Crippen molar-refractivity contribution in [3.8, 4) is 11.1 Å². The summed E-state index contributed by atoms with van der Waals surface area (Å²) in [6.07, 6.45) is 0. The van der Waals surface area contributed by atoms with Gasteiger partial charge in [0.25, 0.3) is 10.0 Å². The Bertz CT molecular complexity index is 837. The Morgan fingerprint density at radius 1 is 1.10 bits per heavy atom. The maximum absolute atomic E-state index is 13.9. The third-order valence-electron chi connectivity index (χ3n) is 3.21. The largest absolute Gasteiger partial charge is 0.269 e. The highest BCUT2D eigenvalue weighted by molar-refractivity contribution is 9.10. The van der Waals surface area contributed by atoms with Crippen LogP contribution in [0.5, 0.6) is 0 Å². The highest BCUT2D eigenvalue weighted by Crippen LogP contribution is 2.44. The summed E-state index contributed by atoms with van der Waals surface area (Å²) >= 11 is 3.27. The van der Waals surface area contributed by atoms with Gasteiger partial charge in [0.2, 0.25) is 0 Å². The molecule has 2 aromatic carbocycles. The smallest absolute Gasteiger partial charge is 0.267 e. The van der Waals surface area contributed by atoms with Gasteiger partial charge in [-0.1, -0.05) is 15.9 Å². The number of sulfonamides is 1. The van der Waals surface area contributed by atoms with E-state index in [0.29, 0.717) is 21.8 Å². The number of rotatable bonds is 0. The van der Waals surface area contributed by atoms with Gasteiger partial charge >= 0.3 is 0 Å². The summed E-state index contributed by atoms with van der Waals surface area (Å²) in [5, 5.41) is 0. The monoisotopic (exact) mass is 359 g/mol. The third kappa shape index (κ3) is 1.76. The van der Waals surface area contributed by atoms with Crippen LogP contribution < -0.4 is 4.31 Å². The molecule has 1 heterocycles. The molecule has 0 aromatic heterocycles. The predicted octanol–water partition coefficient (Wildman–Crippen LogP) is 3.53. The first kappa shape index (κ1) is 13.5. The zero-order chi connectivity index (χ0) is 14.7. The number of halogens is 3. The molecular weight excluding hydrogens is 352 g/mol. The molecule has 7 heteroatoms. The third-order valence-corrected chi connectivity index (χ3v) is 5.56. The minimum atomic E-state index is -4.02. The molecule has 0 radical (unpaired) electrons. The predicted molar refractivity (Wildman–Crippen MR) is 75.1 cm³/mol. The maximum Gasteiger partial charge on any atom is 0.267 e. The standard InChI is InChI=1S/C13H8BrF2NO2S/c1-17-12-3-2-7(14)4-9(12)10-5-8(15)6-11(16)13(10)20(17,18)19/h2-6H,1H3. The Hall–Kier alpha value is -1.47. The Labute approximate surface area is 123 Å². The second-order valence-electron chi connectivity index (χ2n) is 4.40. The molecule has 1 aliphatic heterocycles. The van der Waals surface area contributed by atoms with Crippen LogP contribution in [0.4, 0.5) is 14.5 Å². The average molecular weight is 360 g/mol. The van der Waals surface area contributed by atoms with Crippen molar-refractivity contribution in [1.82, 2.24) is 0 Å². The van der Waals surface area contributed by atoms with Crippen LogP contribution in [0.2, 0.25) is 0 Å². The summed E-state index contributed by atoms with van der Waals surface area (Å²) in [5.41, 5.74) is 0.882.